The van der Waals surface area contributed by atoms with Crippen LogP contribution in [0.15, 0.2) is 12.1 Å². The van der Waals surface area contributed by atoms with Crippen LogP contribution in [0.3, 0.4) is 0 Å². The maximum atomic E-state index is 12.1. The van der Waals surface area contributed by atoms with Gasteiger partial charge in [0.2, 0.25) is 0 Å². The second-order valence-electron chi connectivity index (χ2n) is 6.83. The van der Waals surface area contributed by atoms with Crippen LogP contribution in [0.25, 0.3) is 0 Å². The lowest BCUT2D eigenvalue weighted by Gasteiger charge is -2.23. The van der Waals surface area contributed by atoms with E-state index in [4.69, 9.17) is 16.2 Å². The van der Waals surface area contributed by atoms with Crippen molar-refractivity contribution >= 4 is 17.3 Å². The van der Waals surface area contributed by atoms with Crippen LogP contribution < -0.4 is 11.5 Å². The number of carbonyl (C=O) groups excluding carboxylic acids is 1. The zero-order valence-electron chi connectivity index (χ0n) is 14.4. The average molecular weight is 306 g/mol. The van der Waals surface area contributed by atoms with E-state index in [0.29, 0.717) is 23.5 Å². The molecule has 0 aliphatic heterocycles. The van der Waals surface area contributed by atoms with E-state index >= 15 is 0 Å². The number of ether oxygens (including phenoxy) is 1. The fraction of sp³-hybridized carbons (Fsp3) is 0.611. The molecule has 1 aromatic carbocycles. The van der Waals surface area contributed by atoms with Crippen molar-refractivity contribution in [2.45, 2.75) is 65.2 Å². The number of nitrogens with two attached hydrogens (primary N) is 2. The molecule has 4 nitrogen and oxygen atoms in total. The molecule has 0 atom stereocenters. The van der Waals surface area contributed by atoms with Gasteiger partial charge in [0, 0.05) is 16.9 Å². The van der Waals surface area contributed by atoms with Crippen molar-refractivity contribution in [3.8, 4) is 0 Å². The molecule has 1 rings (SSSR count). The van der Waals surface area contributed by atoms with Crippen molar-refractivity contribution < 1.29 is 9.53 Å². The zero-order valence-corrected chi connectivity index (χ0v) is 14.4. The largest absolute Gasteiger partial charge is 0.462 e. The van der Waals surface area contributed by atoms with Gasteiger partial charge in [-0.05, 0) is 24.0 Å². The van der Waals surface area contributed by atoms with Crippen molar-refractivity contribution in [1.29, 1.82) is 0 Å². The molecular formula is C18H30N2O2. The van der Waals surface area contributed by atoms with Crippen molar-refractivity contribution in [3.05, 3.63) is 23.3 Å². The number of carbonyl (C=O) groups is 1. The van der Waals surface area contributed by atoms with E-state index in [1.807, 2.05) is 20.8 Å². The van der Waals surface area contributed by atoms with E-state index in [-0.39, 0.29) is 11.4 Å². The van der Waals surface area contributed by atoms with E-state index < -0.39 is 0 Å². The summed E-state index contributed by atoms with van der Waals surface area (Å²) in [7, 11) is 0. The second kappa shape index (κ2) is 8.06. The van der Waals surface area contributed by atoms with E-state index in [2.05, 4.69) is 6.92 Å². The highest BCUT2D eigenvalue weighted by atomic mass is 16.5. The van der Waals surface area contributed by atoms with Crippen molar-refractivity contribution in [2.75, 3.05) is 18.1 Å². The van der Waals surface area contributed by atoms with Gasteiger partial charge < -0.3 is 16.2 Å². The summed E-state index contributed by atoms with van der Waals surface area (Å²) in [5.74, 6) is -0.352. The van der Waals surface area contributed by atoms with Crippen molar-refractivity contribution in [3.63, 3.8) is 0 Å². The first-order valence-corrected chi connectivity index (χ1v) is 8.14. The van der Waals surface area contributed by atoms with Crippen molar-refractivity contribution in [2.24, 2.45) is 0 Å². The molecule has 0 radical (unpaired) electrons. The standard InChI is InChI=1S/C18H30N2O2/c1-5-6-7-8-9-10-22-17(21)13-11-14(19)16(15(20)12-13)18(2,3)4/h11-12H,5-10,19-20H2,1-4H3. The molecule has 0 saturated heterocycles. The molecule has 0 fully saturated rings. The molecular weight excluding hydrogens is 276 g/mol. The van der Waals surface area contributed by atoms with E-state index in [0.717, 1.165) is 18.4 Å². The second-order valence-corrected chi connectivity index (χ2v) is 6.83. The Balaban J connectivity index is 2.64. The van der Waals surface area contributed by atoms with Crippen LogP contribution in [0, 0.1) is 0 Å². The molecule has 1 aromatic rings. The molecule has 0 aromatic heterocycles. The lowest BCUT2D eigenvalue weighted by molar-refractivity contribution is 0.0497. The Labute approximate surface area is 134 Å². The van der Waals surface area contributed by atoms with Crippen LogP contribution >= 0.6 is 0 Å². The molecule has 4 heteroatoms. The van der Waals surface area contributed by atoms with Gasteiger partial charge in [-0.2, -0.15) is 0 Å². The maximum absolute atomic E-state index is 12.1. The summed E-state index contributed by atoms with van der Waals surface area (Å²) in [6, 6.07) is 3.33. The topological polar surface area (TPSA) is 78.3 Å². The predicted octanol–water partition coefficient (Wildman–Crippen LogP) is 4.28. The summed E-state index contributed by atoms with van der Waals surface area (Å²) in [6.45, 7) is 8.76. The zero-order chi connectivity index (χ0) is 16.8. The minimum Gasteiger partial charge on any atom is -0.462 e. The molecule has 0 saturated carbocycles. The number of anilines is 2. The third-order valence-corrected chi connectivity index (χ3v) is 3.67. The number of unbranched alkanes of at least 4 members (excludes halogenated alkanes) is 4. The van der Waals surface area contributed by atoms with Gasteiger partial charge >= 0.3 is 5.97 Å². The molecule has 0 aliphatic carbocycles. The van der Waals surface area contributed by atoms with Gasteiger partial charge in [0.25, 0.3) is 0 Å². The Bertz CT molecular complexity index is 481. The van der Waals surface area contributed by atoms with Gasteiger partial charge in [-0.15, -0.1) is 0 Å². The number of benzene rings is 1. The van der Waals surface area contributed by atoms with Crippen LogP contribution in [0.2, 0.25) is 0 Å². The number of nitrogen functional groups attached to an aromatic ring is 2. The first-order chi connectivity index (χ1) is 10.3. The van der Waals surface area contributed by atoms with E-state index in [9.17, 15) is 4.79 Å². The first kappa shape index (κ1) is 18.3. The maximum Gasteiger partial charge on any atom is 0.338 e. The Morgan fingerprint density at radius 1 is 1.05 bits per heavy atom. The Hall–Kier alpha value is -1.71. The summed E-state index contributed by atoms with van der Waals surface area (Å²) < 4.78 is 5.29. The number of hydrogen-bond acceptors (Lipinski definition) is 4. The van der Waals surface area contributed by atoms with Crippen LogP contribution in [-0.4, -0.2) is 12.6 Å². The van der Waals surface area contributed by atoms with Gasteiger partial charge in [0.15, 0.2) is 0 Å². The highest BCUT2D eigenvalue weighted by Crippen LogP contribution is 2.34. The SMILES string of the molecule is CCCCCCCOC(=O)c1cc(N)c(C(C)(C)C)c(N)c1. The molecule has 0 heterocycles. The van der Waals surface area contributed by atoms with Crippen LogP contribution in [0.5, 0.6) is 0 Å². The van der Waals surface area contributed by atoms with Gasteiger partial charge in [-0.1, -0.05) is 53.4 Å². The summed E-state index contributed by atoms with van der Waals surface area (Å²) >= 11 is 0. The van der Waals surface area contributed by atoms with Gasteiger partial charge in [-0.25, -0.2) is 4.79 Å². The number of rotatable bonds is 7. The highest BCUT2D eigenvalue weighted by molar-refractivity contribution is 5.92. The van der Waals surface area contributed by atoms with Gasteiger partial charge in [-0.3, -0.25) is 0 Å². The number of hydrogen-bond donors (Lipinski definition) is 2. The van der Waals surface area contributed by atoms with Crippen LogP contribution in [0.1, 0.15) is 75.7 Å². The quantitative estimate of drug-likeness (QED) is 0.448. The minimum atomic E-state index is -0.352. The number of esters is 1. The smallest absolute Gasteiger partial charge is 0.338 e. The third-order valence-electron chi connectivity index (χ3n) is 3.67. The third kappa shape index (κ3) is 5.24. The molecule has 0 amide bonds. The molecule has 0 bridgehead atoms. The van der Waals surface area contributed by atoms with Gasteiger partial charge in [0.05, 0.1) is 12.2 Å². The fourth-order valence-electron chi connectivity index (χ4n) is 2.63. The first-order valence-electron chi connectivity index (χ1n) is 8.14. The highest BCUT2D eigenvalue weighted by Gasteiger charge is 2.22. The van der Waals surface area contributed by atoms with Gasteiger partial charge in [0.1, 0.15) is 0 Å². The lowest BCUT2D eigenvalue weighted by atomic mass is 9.84. The van der Waals surface area contributed by atoms with Crippen LogP contribution in [-0.2, 0) is 10.2 Å². The van der Waals surface area contributed by atoms with Crippen LogP contribution in [0.4, 0.5) is 11.4 Å². The lowest BCUT2D eigenvalue weighted by Crippen LogP contribution is -2.18. The predicted molar refractivity (Wildman–Crippen MR) is 93.0 cm³/mol. The fourth-order valence-corrected chi connectivity index (χ4v) is 2.63. The monoisotopic (exact) mass is 306 g/mol. The van der Waals surface area contributed by atoms with E-state index in [1.54, 1.807) is 12.1 Å². The summed E-state index contributed by atoms with van der Waals surface area (Å²) in [6.07, 6.45) is 5.62. The minimum absolute atomic E-state index is 0.157. The molecule has 124 valence electrons. The molecule has 0 aliphatic rings. The normalized spacial score (nSPS) is 11.5. The van der Waals surface area contributed by atoms with E-state index in [1.165, 1.54) is 19.3 Å². The van der Waals surface area contributed by atoms with Crippen molar-refractivity contribution in [1.82, 2.24) is 0 Å². The Morgan fingerprint density at radius 2 is 1.59 bits per heavy atom. The summed E-state index contributed by atoms with van der Waals surface area (Å²) in [5.41, 5.74) is 14.4. The molecule has 22 heavy (non-hydrogen) atoms. The summed E-state index contributed by atoms with van der Waals surface area (Å²) in [4.78, 5) is 12.1. The Morgan fingerprint density at radius 3 is 2.09 bits per heavy atom. The molecule has 4 N–H and O–H groups in total. The average Bonchev–Trinajstić information content (AvgIpc) is 2.40. The molecule has 0 unspecified atom stereocenters. The molecule has 0 spiro atoms. The Kier molecular flexibility index (Phi) is 6.72. The summed E-state index contributed by atoms with van der Waals surface area (Å²) in [5, 5.41) is 0.